The molecule has 2 unspecified atom stereocenters. The van der Waals surface area contributed by atoms with Gasteiger partial charge in [0, 0.05) is 6.61 Å². The predicted molar refractivity (Wildman–Crippen MR) is 66.3 cm³/mol. The molecule has 1 heterocycles. The summed E-state index contributed by atoms with van der Waals surface area (Å²) in [5, 5.41) is 0. The van der Waals surface area contributed by atoms with E-state index < -0.39 is 0 Å². The quantitative estimate of drug-likeness (QED) is 0.845. The van der Waals surface area contributed by atoms with Crippen molar-refractivity contribution in [2.75, 3.05) is 6.61 Å². The summed E-state index contributed by atoms with van der Waals surface area (Å²) in [5.41, 5.74) is 8.79. The van der Waals surface area contributed by atoms with Crippen molar-refractivity contribution >= 4 is 0 Å². The average molecular weight is 219 g/mol. The Morgan fingerprint density at radius 3 is 2.69 bits per heavy atom. The standard InChI is InChI=1S/C14H21NO/c1-2-4-11-6-8-12(9-7-11)14(15)13-5-3-10-16-13/h6-9,13-14H,2-5,10,15H2,1H3. The molecule has 16 heavy (non-hydrogen) atoms. The molecule has 0 aliphatic carbocycles. The number of rotatable bonds is 4. The molecule has 0 amide bonds. The number of ether oxygens (including phenoxy) is 1. The van der Waals surface area contributed by atoms with Crippen LogP contribution in [0, 0.1) is 0 Å². The van der Waals surface area contributed by atoms with Crippen molar-refractivity contribution in [3.63, 3.8) is 0 Å². The van der Waals surface area contributed by atoms with Crippen LogP contribution < -0.4 is 5.73 Å². The molecule has 2 N–H and O–H groups in total. The number of benzene rings is 1. The second-order valence-corrected chi connectivity index (χ2v) is 4.57. The summed E-state index contributed by atoms with van der Waals surface area (Å²) in [6, 6.07) is 8.72. The van der Waals surface area contributed by atoms with Gasteiger partial charge in [-0.3, -0.25) is 0 Å². The highest BCUT2D eigenvalue weighted by Crippen LogP contribution is 2.25. The summed E-state index contributed by atoms with van der Waals surface area (Å²) in [7, 11) is 0. The van der Waals surface area contributed by atoms with E-state index in [2.05, 4.69) is 31.2 Å². The van der Waals surface area contributed by atoms with E-state index >= 15 is 0 Å². The lowest BCUT2D eigenvalue weighted by molar-refractivity contribution is 0.0900. The van der Waals surface area contributed by atoms with Gasteiger partial charge < -0.3 is 10.5 Å². The summed E-state index contributed by atoms with van der Waals surface area (Å²) < 4.78 is 5.62. The zero-order valence-corrected chi connectivity index (χ0v) is 9.99. The fraction of sp³-hybridized carbons (Fsp3) is 0.571. The molecule has 1 aromatic carbocycles. The topological polar surface area (TPSA) is 35.2 Å². The van der Waals surface area contributed by atoms with E-state index in [0.717, 1.165) is 25.9 Å². The van der Waals surface area contributed by atoms with Gasteiger partial charge in [0.1, 0.15) is 0 Å². The third-order valence-corrected chi connectivity index (χ3v) is 3.27. The van der Waals surface area contributed by atoms with Crippen LogP contribution in [0.15, 0.2) is 24.3 Å². The Morgan fingerprint density at radius 1 is 1.38 bits per heavy atom. The SMILES string of the molecule is CCCc1ccc(C(N)C2CCCO2)cc1. The number of nitrogens with two attached hydrogens (primary N) is 1. The highest BCUT2D eigenvalue weighted by atomic mass is 16.5. The molecule has 2 atom stereocenters. The van der Waals surface area contributed by atoms with Crippen LogP contribution in [0.5, 0.6) is 0 Å². The molecular weight excluding hydrogens is 198 g/mol. The Labute approximate surface area is 97.8 Å². The minimum atomic E-state index is 0.0400. The van der Waals surface area contributed by atoms with E-state index in [1.165, 1.54) is 17.5 Å². The lowest BCUT2D eigenvalue weighted by Gasteiger charge is -2.19. The van der Waals surface area contributed by atoms with E-state index in [0.29, 0.717) is 0 Å². The Morgan fingerprint density at radius 2 is 2.12 bits per heavy atom. The van der Waals surface area contributed by atoms with Gasteiger partial charge in [0.05, 0.1) is 12.1 Å². The van der Waals surface area contributed by atoms with Crippen molar-refractivity contribution in [3.05, 3.63) is 35.4 Å². The molecule has 1 saturated heterocycles. The van der Waals surface area contributed by atoms with Gasteiger partial charge in [-0.15, -0.1) is 0 Å². The first-order valence-electron chi connectivity index (χ1n) is 6.27. The third kappa shape index (κ3) is 2.63. The Balaban J connectivity index is 2.02. The number of hydrogen-bond donors (Lipinski definition) is 1. The third-order valence-electron chi connectivity index (χ3n) is 3.27. The monoisotopic (exact) mass is 219 g/mol. The minimum Gasteiger partial charge on any atom is -0.376 e. The molecule has 1 aromatic rings. The maximum absolute atomic E-state index is 6.20. The van der Waals surface area contributed by atoms with Crippen LogP contribution in [0.4, 0.5) is 0 Å². The van der Waals surface area contributed by atoms with Crippen LogP contribution in [0.25, 0.3) is 0 Å². The molecular formula is C14H21NO. The maximum Gasteiger partial charge on any atom is 0.0768 e. The Hall–Kier alpha value is -0.860. The van der Waals surface area contributed by atoms with Crippen LogP contribution in [0.1, 0.15) is 43.4 Å². The number of aryl methyl sites for hydroxylation is 1. The molecule has 1 aliphatic heterocycles. The van der Waals surface area contributed by atoms with E-state index in [9.17, 15) is 0 Å². The normalized spacial score (nSPS) is 22.2. The molecule has 0 aromatic heterocycles. The average Bonchev–Trinajstić information content (AvgIpc) is 2.83. The van der Waals surface area contributed by atoms with Gasteiger partial charge in [0.15, 0.2) is 0 Å². The van der Waals surface area contributed by atoms with Crippen LogP contribution in [0.3, 0.4) is 0 Å². The molecule has 0 radical (unpaired) electrons. The van der Waals surface area contributed by atoms with Crippen LogP contribution >= 0.6 is 0 Å². The minimum absolute atomic E-state index is 0.0400. The molecule has 2 rings (SSSR count). The smallest absolute Gasteiger partial charge is 0.0768 e. The van der Waals surface area contributed by atoms with Crippen molar-refractivity contribution in [1.29, 1.82) is 0 Å². The van der Waals surface area contributed by atoms with Gasteiger partial charge >= 0.3 is 0 Å². The van der Waals surface area contributed by atoms with Crippen LogP contribution in [-0.4, -0.2) is 12.7 Å². The summed E-state index contributed by atoms with van der Waals surface area (Å²) >= 11 is 0. The van der Waals surface area contributed by atoms with E-state index in [-0.39, 0.29) is 12.1 Å². The first-order valence-corrected chi connectivity index (χ1v) is 6.27. The van der Waals surface area contributed by atoms with E-state index in [4.69, 9.17) is 10.5 Å². The highest BCUT2D eigenvalue weighted by Gasteiger charge is 2.23. The van der Waals surface area contributed by atoms with Crippen LogP contribution in [0.2, 0.25) is 0 Å². The predicted octanol–water partition coefficient (Wildman–Crippen LogP) is 2.82. The number of hydrogen-bond acceptors (Lipinski definition) is 2. The van der Waals surface area contributed by atoms with Crippen molar-refractivity contribution in [1.82, 2.24) is 0 Å². The summed E-state index contributed by atoms with van der Waals surface area (Å²) in [5.74, 6) is 0. The first-order chi connectivity index (χ1) is 7.81. The molecule has 0 spiro atoms. The van der Waals surface area contributed by atoms with Gasteiger partial charge in [0.2, 0.25) is 0 Å². The molecule has 2 nitrogen and oxygen atoms in total. The highest BCUT2D eigenvalue weighted by molar-refractivity contribution is 5.25. The summed E-state index contributed by atoms with van der Waals surface area (Å²) in [4.78, 5) is 0. The fourth-order valence-electron chi connectivity index (χ4n) is 2.30. The van der Waals surface area contributed by atoms with E-state index in [1.807, 2.05) is 0 Å². The van der Waals surface area contributed by atoms with Gasteiger partial charge in [-0.05, 0) is 30.4 Å². The summed E-state index contributed by atoms with van der Waals surface area (Å²) in [6.07, 6.45) is 4.80. The lowest BCUT2D eigenvalue weighted by atomic mass is 9.98. The molecule has 88 valence electrons. The molecule has 0 saturated carbocycles. The lowest BCUT2D eigenvalue weighted by Crippen LogP contribution is -2.25. The molecule has 1 aliphatic rings. The second-order valence-electron chi connectivity index (χ2n) is 4.57. The fourth-order valence-corrected chi connectivity index (χ4v) is 2.30. The first kappa shape index (κ1) is 11.6. The van der Waals surface area contributed by atoms with Gasteiger partial charge in [0.25, 0.3) is 0 Å². The largest absolute Gasteiger partial charge is 0.376 e. The van der Waals surface area contributed by atoms with Crippen molar-refractivity contribution < 1.29 is 4.74 Å². The Bertz CT molecular complexity index is 314. The van der Waals surface area contributed by atoms with Crippen molar-refractivity contribution in [3.8, 4) is 0 Å². The van der Waals surface area contributed by atoms with Crippen molar-refractivity contribution in [2.45, 2.75) is 44.8 Å². The molecule has 1 fully saturated rings. The van der Waals surface area contributed by atoms with Crippen molar-refractivity contribution in [2.24, 2.45) is 5.73 Å². The Kier molecular flexibility index (Phi) is 3.97. The zero-order valence-electron chi connectivity index (χ0n) is 9.99. The van der Waals surface area contributed by atoms with E-state index in [1.54, 1.807) is 0 Å². The van der Waals surface area contributed by atoms with Gasteiger partial charge in [-0.25, -0.2) is 0 Å². The second kappa shape index (κ2) is 5.46. The summed E-state index contributed by atoms with van der Waals surface area (Å²) in [6.45, 7) is 3.07. The maximum atomic E-state index is 6.20. The van der Waals surface area contributed by atoms with Gasteiger partial charge in [-0.2, -0.15) is 0 Å². The molecule has 0 bridgehead atoms. The zero-order chi connectivity index (χ0) is 11.4. The van der Waals surface area contributed by atoms with Crippen LogP contribution in [-0.2, 0) is 11.2 Å². The molecule has 2 heteroatoms. The van der Waals surface area contributed by atoms with Gasteiger partial charge in [-0.1, -0.05) is 37.6 Å².